The molecule has 0 aromatic heterocycles. The van der Waals surface area contributed by atoms with Gasteiger partial charge in [-0.3, -0.25) is 19.7 Å². The molecule has 26 heavy (non-hydrogen) atoms. The molecule has 2 fully saturated rings. The van der Waals surface area contributed by atoms with Gasteiger partial charge in [0.1, 0.15) is 0 Å². The molecular weight excluding hydrogens is 340 g/mol. The molecule has 138 valence electrons. The van der Waals surface area contributed by atoms with Crippen LogP contribution in [0.4, 0.5) is 11.4 Å². The molecule has 1 aromatic carbocycles. The molecule has 0 unspecified atom stereocenters. The smallest absolute Gasteiger partial charge is 0.269 e. The number of carbonyl (C=O) groups is 2. The van der Waals surface area contributed by atoms with Crippen molar-refractivity contribution in [3.8, 4) is 0 Å². The highest BCUT2D eigenvalue weighted by molar-refractivity contribution is 6.12. The number of amides is 1. The van der Waals surface area contributed by atoms with E-state index in [2.05, 4.69) is 0 Å². The first kappa shape index (κ1) is 17.1. The fourth-order valence-electron chi connectivity index (χ4n) is 4.72. The lowest BCUT2D eigenvalue weighted by Crippen LogP contribution is -2.59. The van der Waals surface area contributed by atoms with Gasteiger partial charge in [0.25, 0.3) is 11.6 Å². The summed E-state index contributed by atoms with van der Waals surface area (Å²) in [4.78, 5) is 38.5. The highest BCUT2D eigenvalue weighted by Gasteiger charge is 2.76. The number of fused-ring (bicyclic) bond motifs is 5. The lowest BCUT2D eigenvalue weighted by atomic mass is 9.72. The highest BCUT2D eigenvalue weighted by Crippen LogP contribution is 2.62. The Kier molecular flexibility index (Phi) is 3.36. The van der Waals surface area contributed by atoms with E-state index in [1.54, 1.807) is 13.0 Å². The molecule has 0 saturated carbocycles. The van der Waals surface area contributed by atoms with E-state index in [-0.39, 0.29) is 11.5 Å². The van der Waals surface area contributed by atoms with Gasteiger partial charge in [-0.05, 0) is 39.7 Å². The second kappa shape index (κ2) is 5.11. The number of anilines is 1. The van der Waals surface area contributed by atoms with Crippen LogP contribution in [0.15, 0.2) is 18.2 Å². The monoisotopic (exact) mass is 360 g/mol. The van der Waals surface area contributed by atoms with Gasteiger partial charge in [-0.2, -0.15) is 0 Å². The molecule has 3 heterocycles. The number of benzene rings is 1. The molecule has 3 atom stereocenters. The summed E-state index contributed by atoms with van der Waals surface area (Å²) in [6.45, 7) is 5.28. The van der Waals surface area contributed by atoms with E-state index >= 15 is 0 Å². The number of likely N-dealkylation sites (N-methyl/N-ethyl adjacent to an activating group) is 1. The quantitative estimate of drug-likeness (QED) is 0.606. The topological polar surface area (TPSA) is 99.0 Å². The Labute approximate surface area is 150 Å². The maximum Gasteiger partial charge on any atom is 0.269 e. The van der Waals surface area contributed by atoms with Crippen molar-refractivity contribution in [1.82, 2.24) is 0 Å². The van der Waals surface area contributed by atoms with Crippen LogP contribution in [-0.4, -0.2) is 34.5 Å². The van der Waals surface area contributed by atoms with Crippen molar-refractivity contribution in [2.24, 2.45) is 0 Å². The van der Waals surface area contributed by atoms with E-state index in [1.165, 1.54) is 24.0 Å². The first-order chi connectivity index (χ1) is 12.2. The highest BCUT2D eigenvalue weighted by atomic mass is 16.8. The molecule has 1 aromatic rings. The van der Waals surface area contributed by atoms with Gasteiger partial charge in [-0.25, -0.2) is 0 Å². The van der Waals surface area contributed by atoms with Gasteiger partial charge in [0.2, 0.25) is 5.60 Å². The van der Waals surface area contributed by atoms with Crippen molar-refractivity contribution in [1.29, 1.82) is 0 Å². The third-order valence-electron chi connectivity index (χ3n) is 5.78. The Morgan fingerprint density at radius 3 is 2.69 bits per heavy atom. The first-order valence-electron chi connectivity index (χ1n) is 8.73. The molecular formula is C18H20N2O6. The normalized spacial score (nSPS) is 35.0. The number of nitrogens with zero attached hydrogens (tertiary/aromatic N) is 2. The lowest BCUT2D eigenvalue weighted by molar-refractivity contribution is -0.385. The molecule has 2 bridgehead atoms. The minimum atomic E-state index is -1.68. The SMILES string of the molecule is CCN1C(=O)[C@]2(O[C@@]3(C)CCC[C@]2(C(C)=O)O3)c2cc([N+](=O)[O-])ccc21. The summed E-state index contributed by atoms with van der Waals surface area (Å²) < 4.78 is 12.3. The van der Waals surface area contributed by atoms with E-state index in [1.807, 2.05) is 6.92 Å². The zero-order chi connectivity index (χ0) is 18.9. The molecule has 0 radical (unpaired) electrons. The van der Waals surface area contributed by atoms with Crippen LogP contribution in [0.1, 0.15) is 45.6 Å². The van der Waals surface area contributed by atoms with Gasteiger partial charge in [-0.1, -0.05) is 0 Å². The number of Topliss-reactive ketones (excluding diaryl/α,β-unsaturated/α-hetero) is 1. The van der Waals surface area contributed by atoms with Crippen molar-refractivity contribution in [3.05, 3.63) is 33.9 Å². The fourth-order valence-corrected chi connectivity index (χ4v) is 4.72. The maximum absolute atomic E-state index is 13.5. The van der Waals surface area contributed by atoms with E-state index in [4.69, 9.17) is 9.47 Å². The number of ketones is 1. The molecule has 2 saturated heterocycles. The number of hydrogen-bond donors (Lipinski definition) is 0. The molecule has 0 aliphatic carbocycles. The maximum atomic E-state index is 13.5. The van der Waals surface area contributed by atoms with Gasteiger partial charge in [0, 0.05) is 30.7 Å². The molecule has 1 amide bonds. The van der Waals surface area contributed by atoms with Crippen molar-refractivity contribution in [3.63, 3.8) is 0 Å². The van der Waals surface area contributed by atoms with E-state index in [9.17, 15) is 19.7 Å². The number of nitro benzene ring substituents is 1. The Bertz CT molecular complexity index is 854. The Balaban J connectivity index is 2.05. The third-order valence-corrected chi connectivity index (χ3v) is 5.78. The largest absolute Gasteiger partial charge is 0.332 e. The minimum Gasteiger partial charge on any atom is -0.332 e. The Morgan fingerprint density at radius 2 is 2.08 bits per heavy atom. The van der Waals surface area contributed by atoms with Crippen LogP contribution in [-0.2, 0) is 24.7 Å². The second-order valence-electron chi connectivity index (χ2n) is 7.26. The standard InChI is InChI=1S/C18H20N2O6/c1-4-19-14-7-6-12(20(23)24)10-13(14)18(15(19)22)17(11(2)21)9-5-8-16(3,25-17)26-18/h6-7,10H,4-5,8-9H2,1-3H3/t16-,17+,18+/m0/s1. The van der Waals surface area contributed by atoms with Crippen molar-refractivity contribution >= 4 is 23.1 Å². The summed E-state index contributed by atoms with van der Waals surface area (Å²) in [7, 11) is 0. The summed E-state index contributed by atoms with van der Waals surface area (Å²) in [5, 5.41) is 11.3. The minimum absolute atomic E-state index is 0.150. The van der Waals surface area contributed by atoms with Gasteiger partial charge < -0.3 is 14.4 Å². The zero-order valence-electron chi connectivity index (χ0n) is 14.9. The third kappa shape index (κ3) is 1.80. The Morgan fingerprint density at radius 1 is 1.35 bits per heavy atom. The molecule has 8 heteroatoms. The average molecular weight is 360 g/mol. The first-order valence-corrected chi connectivity index (χ1v) is 8.73. The summed E-state index contributed by atoms with van der Waals surface area (Å²) >= 11 is 0. The number of ether oxygens (including phenoxy) is 2. The summed E-state index contributed by atoms with van der Waals surface area (Å²) in [6.07, 6.45) is 1.55. The van der Waals surface area contributed by atoms with Crippen molar-refractivity contribution in [2.75, 3.05) is 11.4 Å². The molecule has 0 N–H and O–H groups in total. The molecule has 3 aliphatic heterocycles. The van der Waals surface area contributed by atoms with Crippen LogP contribution < -0.4 is 4.90 Å². The van der Waals surface area contributed by atoms with Crippen LogP contribution in [0, 0.1) is 10.1 Å². The van der Waals surface area contributed by atoms with E-state index in [0.717, 1.165) is 0 Å². The van der Waals surface area contributed by atoms with Gasteiger partial charge >= 0.3 is 0 Å². The number of nitro groups is 1. The fraction of sp³-hybridized carbons (Fsp3) is 0.556. The number of hydrogen-bond acceptors (Lipinski definition) is 6. The Hall–Kier alpha value is -2.32. The van der Waals surface area contributed by atoms with Crippen LogP contribution >= 0.6 is 0 Å². The summed E-state index contributed by atoms with van der Waals surface area (Å²) in [5.74, 6) is -1.77. The predicted molar refractivity (Wildman–Crippen MR) is 90.6 cm³/mol. The predicted octanol–water partition coefficient (Wildman–Crippen LogP) is 2.43. The zero-order valence-corrected chi connectivity index (χ0v) is 14.9. The molecule has 4 rings (SSSR count). The molecule has 1 spiro atoms. The van der Waals surface area contributed by atoms with E-state index < -0.39 is 27.8 Å². The van der Waals surface area contributed by atoms with Crippen molar-refractivity contribution in [2.45, 2.75) is 57.0 Å². The molecule has 8 nitrogen and oxygen atoms in total. The summed E-state index contributed by atoms with van der Waals surface area (Å²) in [5.41, 5.74) is -2.42. The average Bonchev–Trinajstić information content (AvgIpc) is 2.94. The van der Waals surface area contributed by atoms with Gasteiger partial charge in [0.15, 0.2) is 17.2 Å². The second-order valence-corrected chi connectivity index (χ2v) is 7.26. The number of carbonyl (C=O) groups excluding carboxylic acids is 2. The number of rotatable bonds is 3. The molecule has 3 aliphatic rings. The summed E-state index contributed by atoms with van der Waals surface area (Å²) in [6, 6.07) is 4.25. The number of non-ortho nitro benzene ring substituents is 1. The van der Waals surface area contributed by atoms with Gasteiger partial charge in [-0.15, -0.1) is 0 Å². The van der Waals surface area contributed by atoms with Crippen LogP contribution in [0.5, 0.6) is 0 Å². The van der Waals surface area contributed by atoms with Crippen LogP contribution in [0.3, 0.4) is 0 Å². The van der Waals surface area contributed by atoms with E-state index in [0.29, 0.717) is 37.1 Å². The van der Waals surface area contributed by atoms with Crippen LogP contribution in [0.25, 0.3) is 0 Å². The van der Waals surface area contributed by atoms with Gasteiger partial charge in [0.05, 0.1) is 10.6 Å². The lowest BCUT2D eigenvalue weighted by Gasteiger charge is -2.38. The van der Waals surface area contributed by atoms with Crippen molar-refractivity contribution < 1.29 is 24.0 Å². The van der Waals surface area contributed by atoms with Crippen LogP contribution in [0.2, 0.25) is 0 Å².